The quantitative estimate of drug-likeness (QED) is 0.627. The van der Waals surface area contributed by atoms with Gasteiger partial charge in [0, 0.05) is 23.3 Å². The van der Waals surface area contributed by atoms with Gasteiger partial charge in [-0.2, -0.15) is 0 Å². The fraction of sp³-hybridized carbons (Fsp3) is 0.286. The van der Waals surface area contributed by atoms with Crippen LogP contribution in [0.3, 0.4) is 0 Å². The molecule has 0 radical (unpaired) electrons. The summed E-state index contributed by atoms with van der Waals surface area (Å²) in [6.07, 6.45) is 6.86. The van der Waals surface area contributed by atoms with Gasteiger partial charge in [-0.3, -0.25) is 4.98 Å². The van der Waals surface area contributed by atoms with Crippen molar-refractivity contribution in [3.8, 4) is 22.6 Å². The summed E-state index contributed by atoms with van der Waals surface area (Å²) >= 11 is 6.16. The Balaban J connectivity index is 1.78. The van der Waals surface area contributed by atoms with Crippen molar-refractivity contribution in [3.63, 3.8) is 0 Å². The Hall–Kier alpha value is -2.46. The summed E-state index contributed by atoms with van der Waals surface area (Å²) in [7, 11) is 1.52. The van der Waals surface area contributed by atoms with Crippen LogP contribution in [-0.4, -0.2) is 23.2 Å². The average Bonchev–Trinajstić information content (AvgIpc) is 3.17. The Bertz CT molecular complexity index is 952. The second-order valence-electron chi connectivity index (χ2n) is 6.73. The van der Waals surface area contributed by atoms with Crippen molar-refractivity contribution in [3.05, 3.63) is 47.6 Å². The molecule has 0 aliphatic heterocycles. The number of pyridine rings is 1. The van der Waals surface area contributed by atoms with E-state index in [4.69, 9.17) is 16.3 Å². The summed E-state index contributed by atoms with van der Waals surface area (Å²) in [5, 5.41) is 15.0. The SMILES string of the molecule is COc1cc(-c2ccc3nccc(NC4CCCC4)c3c2)cc(Cl)c1O. The number of anilines is 1. The number of aromatic nitrogens is 1. The molecular weight excluding hydrogens is 348 g/mol. The van der Waals surface area contributed by atoms with Crippen LogP contribution in [0.4, 0.5) is 5.69 Å². The minimum atomic E-state index is -0.0380. The van der Waals surface area contributed by atoms with E-state index in [-0.39, 0.29) is 10.8 Å². The van der Waals surface area contributed by atoms with Gasteiger partial charge in [0.05, 0.1) is 17.6 Å². The predicted octanol–water partition coefficient (Wildman–Crippen LogP) is 5.62. The Labute approximate surface area is 157 Å². The lowest BCUT2D eigenvalue weighted by molar-refractivity contribution is 0.374. The number of hydrogen-bond acceptors (Lipinski definition) is 4. The molecule has 3 aromatic rings. The van der Waals surface area contributed by atoms with Crippen LogP contribution in [0.2, 0.25) is 5.02 Å². The Kier molecular flexibility index (Phi) is 4.60. The highest BCUT2D eigenvalue weighted by Crippen LogP contribution is 2.39. The number of nitrogens with one attached hydrogen (secondary N) is 1. The highest BCUT2D eigenvalue weighted by Gasteiger charge is 2.16. The van der Waals surface area contributed by atoms with E-state index in [9.17, 15) is 5.11 Å². The third kappa shape index (κ3) is 3.17. The molecule has 26 heavy (non-hydrogen) atoms. The first-order chi connectivity index (χ1) is 12.7. The summed E-state index contributed by atoms with van der Waals surface area (Å²) in [6.45, 7) is 0. The number of rotatable bonds is 4. The van der Waals surface area contributed by atoms with Gasteiger partial charge in [-0.25, -0.2) is 0 Å². The zero-order valence-corrected chi connectivity index (χ0v) is 15.4. The van der Waals surface area contributed by atoms with Crippen molar-refractivity contribution in [1.82, 2.24) is 4.98 Å². The van der Waals surface area contributed by atoms with E-state index in [1.54, 1.807) is 12.1 Å². The zero-order chi connectivity index (χ0) is 18.1. The number of fused-ring (bicyclic) bond motifs is 1. The first-order valence-corrected chi connectivity index (χ1v) is 9.25. The van der Waals surface area contributed by atoms with Crippen molar-refractivity contribution in [1.29, 1.82) is 0 Å². The topological polar surface area (TPSA) is 54.4 Å². The highest BCUT2D eigenvalue weighted by atomic mass is 35.5. The molecule has 0 bridgehead atoms. The zero-order valence-electron chi connectivity index (χ0n) is 14.6. The monoisotopic (exact) mass is 368 g/mol. The predicted molar refractivity (Wildman–Crippen MR) is 106 cm³/mol. The highest BCUT2D eigenvalue weighted by molar-refractivity contribution is 6.32. The van der Waals surface area contributed by atoms with Crippen LogP contribution < -0.4 is 10.1 Å². The third-order valence-corrected chi connectivity index (χ3v) is 5.33. The van der Waals surface area contributed by atoms with Crippen LogP contribution in [-0.2, 0) is 0 Å². The lowest BCUT2D eigenvalue weighted by Gasteiger charge is -2.16. The summed E-state index contributed by atoms with van der Waals surface area (Å²) in [5.41, 5.74) is 3.96. The summed E-state index contributed by atoms with van der Waals surface area (Å²) in [4.78, 5) is 4.49. The molecule has 4 rings (SSSR count). The lowest BCUT2D eigenvalue weighted by atomic mass is 10.0. The van der Waals surface area contributed by atoms with Crippen LogP contribution >= 0.6 is 11.6 Å². The van der Waals surface area contributed by atoms with Gasteiger partial charge in [0.2, 0.25) is 0 Å². The molecule has 1 saturated carbocycles. The minimum Gasteiger partial charge on any atom is -0.503 e. The molecule has 1 aliphatic rings. The van der Waals surface area contributed by atoms with Crippen molar-refractivity contribution in [2.24, 2.45) is 0 Å². The molecular formula is C21H21ClN2O2. The molecule has 0 atom stereocenters. The van der Waals surface area contributed by atoms with Crippen LogP contribution in [0.1, 0.15) is 25.7 Å². The molecule has 0 saturated heterocycles. The maximum Gasteiger partial charge on any atom is 0.176 e. The first kappa shape index (κ1) is 17.0. The molecule has 134 valence electrons. The number of halogens is 1. The van der Waals surface area contributed by atoms with Crippen LogP contribution in [0.15, 0.2) is 42.6 Å². The van der Waals surface area contributed by atoms with Crippen molar-refractivity contribution in [2.75, 3.05) is 12.4 Å². The normalized spacial score (nSPS) is 14.7. The Morgan fingerprint density at radius 1 is 1.12 bits per heavy atom. The number of phenolic OH excluding ortho intramolecular Hbond substituents is 1. The van der Waals surface area contributed by atoms with Crippen molar-refractivity contribution >= 4 is 28.2 Å². The Morgan fingerprint density at radius 2 is 1.92 bits per heavy atom. The molecule has 0 amide bonds. The lowest BCUT2D eigenvalue weighted by Crippen LogP contribution is -2.14. The molecule has 1 fully saturated rings. The van der Waals surface area contributed by atoms with Gasteiger partial charge in [0.25, 0.3) is 0 Å². The maximum absolute atomic E-state index is 9.97. The van der Waals surface area contributed by atoms with E-state index in [2.05, 4.69) is 16.4 Å². The molecule has 5 heteroatoms. The molecule has 1 heterocycles. The van der Waals surface area contributed by atoms with E-state index >= 15 is 0 Å². The van der Waals surface area contributed by atoms with Crippen molar-refractivity contribution < 1.29 is 9.84 Å². The van der Waals surface area contributed by atoms with Gasteiger partial charge in [0.15, 0.2) is 11.5 Å². The number of benzene rings is 2. The van der Waals surface area contributed by atoms with Gasteiger partial charge in [0.1, 0.15) is 0 Å². The second-order valence-corrected chi connectivity index (χ2v) is 7.13. The Morgan fingerprint density at radius 3 is 2.69 bits per heavy atom. The van der Waals surface area contributed by atoms with E-state index in [1.807, 2.05) is 24.4 Å². The van der Waals surface area contributed by atoms with E-state index in [1.165, 1.54) is 32.8 Å². The molecule has 1 aliphatic carbocycles. The number of aromatic hydroxyl groups is 1. The summed E-state index contributed by atoms with van der Waals surface area (Å²) in [5.74, 6) is 0.326. The summed E-state index contributed by atoms with van der Waals surface area (Å²) < 4.78 is 5.23. The van der Waals surface area contributed by atoms with Gasteiger partial charge in [-0.1, -0.05) is 30.5 Å². The second kappa shape index (κ2) is 7.04. The number of nitrogens with zero attached hydrogens (tertiary/aromatic N) is 1. The molecule has 0 spiro atoms. The van der Waals surface area contributed by atoms with Gasteiger partial charge in [-0.05, 0) is 54.3 Å². The molecule has 0 unspecified atom stereocenters. The molecule has 2 N–H and O–H groups in total. The van der Waals surface area contributed by atoms with E-state index in [0.29, 0.717) is 11.8 Å². The van der Waals surface area contributed by atoms with Crippen LogP contribution in [0.5, 0.6) is 11.5 Å². The van der Waals surface area contributed by atoms with Crippen LogP contribution in [0.25, 0.3) is 22.0 Å². The minimum absolute atomic E-state index is 0.0380. The number of phenols is 1. The fourth-order valence-corrected chi connectivity index (χ4v) is 3.85. The fourth-order valence-electron chi connectivity index (χ4n) is 3.64. The number of ether oxygens (including phenoxy) is 1. The van der Waals surface area contributed by atoms with Gasteiger partial charge >= 0.3 is 0 Å². The first-order valence-electron chi connectivity index (χ1n) is 8.88. The molecule has 1 aromatic heterocycles. The number of hydrogen-bond donors (Lipinski definition) is 2. The molecule has 4 nitrogen and oxygen atoms in total. The van der Waals surface area contributed by atoms with E-state index in [0.717, 1.165) is 27.7 Å². The molecule has 2 aromatic carbocycles. The van der Waals surface area contributed by atoms with Gasteiger partial charge < -0.3 is 15.2 Å². The van der Waals surface area contributed by atoms with Gasteiger partial charge in [-0.15, -0.1) is 0 Å². The maximum atomic E-state index is 9.97. The third-order valence-electron chi connectivity index (χ3n) is 5.04. The van der Waals surface area contributed by atoms with Crippen molar-refractivity contribution in [2.45, 2.75) is 31.7 Å². The standard InChI is InChI=1S/C21H21ClN2O2/c1-26-20-12-14(11-17(22)21(20)25)13-6-7-18-16(10-13)19(8-9-23-18)24-15-4-2-3-5-15/h6-12,15,25H,2-5H2,1H3,(H,23,24). The van der Waals surface area contributed by atoms with Crippen LogP contribution in [0, 0.1) is 0 Å². The number of methoxy groups -OCH3 is 1. The smallest absolute Gasteiger partial charge is 0.176 e. The average molecular weight is 369 g/mol. The largest absolute Gasteiger partial charge is 0.503 e. The summed E-state index contributed by atoms with van der Waals surface area (Å²) in [6, 6.07) is 12.3. The van der Waals surface area contributed by atoms with E-state index < -0.39 is 0 Å².